The summed E-state index contributed by atoms with van der Waals surface area (Å²) in [5, 5.41) is 7.92. The van der Waals surface area contributed by atoms with Gasteiger partial charge in [0, 0.05) is 20.3 Å². The molecule has 6 nitrogen and oxygen atoms in total. The summed E-state index contributed by atoms with van der Waals surface area (Å²) in [5.41, 5.74) is 0. The van der Waals surface area contributed by atoms with E-state index < -0.39 is 24.5 Å². The number of rotatable bonds is 3. The minimum Gasteiger partial charge on any atom is -0.450 e. The molecule has 1 N–H and O–H groups in total. The molecule has 0 aliphatic heterocycles. The first kappa shape index (κ1) is 17.8. The molecule has 0 spiro atoms. The molecule has 0 aromatic heterocycles. The van der Waals surface area contributed by atoms with Crippen molar-refractivity contribution in [2.75, 3.05) is 7.11 Å². The molecule has 2 unspecified atom stereocenters. The molecule has 17 heavy (non-hydrogen) atoms. The smallest absolute Gasteiger partial charge is 0.450 e. The Bertz CT molecular complexity index is 242. The Balaban J connectivity index is 0. The summed E-state index contributed by atoms with van der Waals surface area (Å²) in [5.74, 6) is -2.04. The Hall–Kier alpha value is -1.60. The van der Waals surface area contributed by atoms with Crippen molar-refractivity contribution in [2.24, 2.45) is 0 Å². The number of hydrogen-bond donors (Lipinski definition) is 1. The predicted molar refractivity (Wildman–Crippen MR) is 53.0 cm³/mol. The quantitative estimate of drug-likeness (QED) is 0.784. The van der Waals surface area contributed by atoms with Crippen molar-refractivity contribution < 1.29 is 37.7 Å². The van der Waals surface area contributed by atoms with Crippen molar-refractivity contribution in [3.05, 3.63) is 0 Å². The van der Waals surface area contributed by atoms with Gasteiger partial charge in [0.05, 0.1) is 7.11 Å². The fraction of sp³-hybridized carbons (Fsp3) is 0.778. The standard InChI is InChI=1S/C5H9FO3.C4H7FO3/c1-3-5(2,6)9-4(7)8;1-3(5)8-4(6)7-2/h3H2,1-2H3,(H,7,8);3H,1-2H3. The van der Waals surface area contributed by atoms with Gasteiger partial charge in [-0.25, -0.2) is 14.0 Å². The van der Waals surface area contributed by atoms with E-state index in [0.29, 0.717) is 0 Å². The molecule has 0 rings (SSSR count). The van der Waals surface area contributed by atoms with Crippen molar-refractivity contribution in [3.63, 3.8) is 0 Å². The van der Waals surface area contributed by atoms with Crippen LogP contribution in [0.5, 0.6) is 0 Å². The van der Waals surface area contributed by atoms with E-state index in [2.05, 4.69) is 14.2 Å². The van der Waals surface area contributed by atoms with Gasteiger partial charge in [-0.15, -0.1) is 0 Å². The number of ether oxygens (including phenoxy) is 3. The number of carbonyl (C=O) groups excluding carboxylic acids is 1. The van der Waals surface area contributed by atoms with Gasteiger partial charge in [-0.05, 0) is 0 Å². The Morgan fingerprint density at radius 2 is 1.94 bits per heavy atom. The van der Waals surface area contributed by atoms with Gasteiger partial charge in [-0.2, -0.15) is 4.39 Å². The lowest BCUT2D eigenvalue weighted by Gasteiger charge is -2.15. The molecule has 0 heterocycles. The zero-order valence-corrected chi connectivity index (χ0v) is 10.0. The molecule has 102 valence electrons. The molecular weight excluding hydrogens is 242 g/mol. The summed E-state index contributed by atoms with van der Waals surface area (Å²) in [4.78, 5) is 19.6. The summed E-state index contributed by atoms with van der Waals surface area (Å²) >= 11 is 0. The Morgan fingerprint density at radius 1 is 1.47 bits per heavy atom. The van der Waals surface area contributed by atoms with Gasteiger partial charge in [0.15, 0.2) is 0 Å². The van der Waals surface area contributed by atoms with Crippen LogP contribution in [0.15, 0.2) is 0 Å². The molecule has 8 heteroatoms. The number of methoxy groups -OCH3 is 1. The number of carbonyl (C=O) groups is 2. The lowest BCUT2D eigenvalue weighted by molar-refractivity contribution is -0.0993. The van der Waals surface area contributed by atoms with E-state index in [4.69, 9.17) is 5.11 Å². The van der Waals surface area contributed by atoms with E-state index in [1.165, 1.54) is 6.92 Å². The fourth-order valence-corrected chi connectivity index (χ4v) is 0.435. The highest BCUT2D eigenvalue weighted by Gasteiger charge is 2.24. The van der Waals surface area contributed by atoms with E-state index in [1.807, 2.05) is 0 Å². The SMILES string of the molecule is CCC(C)(F)OC(=O)O.COC(=O)OC(C)F. The van der Waals surface area contributed by atoms with Gasteiger partial charge in [-0.3, -0.25) is 0 Å². The van der Waals surface area contributed by atoms with Crippen molar-refractivity contribution >= 4 is 12.3 Å². The highest BCUT2D eigenvalue weighted by Crippen LogP contribution is 2.15. The number of alkyl halides is 2. The minimum atomic E-state index is -2.04. The minimum absolute atomic E-state index is 0.0271. The molecule has 0 saturated carbocycles. The van der Waals surface area contributed by atoms with Crippen LogP contribution in [0.4, 0.5) is 18.4 Å². The highest BCUT2D eigenvalue weighted by molar-refractivity contribution is 5.59. The van der Waals surface area contributed by atoms with Gasteiger partial charge in [0.2, 0.25) is 6.36 Å². The average Bonchev–Trinajstić information content (AvgIpc) is 2.16. The lowest BCUT2D eigenvalue weighted by Crippen LogP contribution is -2.24. The van der Waals surface area contributed by atoms with Crippen LogP contribution in [-0.4, -0.2) is 36.7 Å². The number of halogens is 2. The predicted octanol–water partition coefficient (Wildman–Crippen LogP) is 2.86. The van der Waals surface area contributed by atoms with Crippen molar-refractivity contribution in [2.45, 2.75) is 39.4 Å². The van der Waals surface area contributed by atoms with E-state index in [1.54, 1.807) is 0 Å². The molecule has 0 aliphatic carbocycles. The second-order valence-corrected chi connectivity index (χ2v) is 2.94. The van der Waals surface area contributed by atoms with E-state index in [9.17, 15) is 18.4 Å². The topological polar surface area (TPSA) is 82.1 Å². The van der Waals surface area contributed by atoms with Crippen LogP contribution >= 0.6 is 0 Å². The maximum absolute atomic E-state index is 12.5. The van der Waals surface area contributed by atoms with E-state index in [-0.39, 0.29) is 6.42 Å². The Morgan fingerprint density at radius 3 is 2.06 bits per heavy atom. The van der Waals surface area contributed by atoms with Gasteiger partial charge >= 0.3 is 12.3 Å². The van der Waals surface area contributed by atoms with Crippen LogP contribution in [-0.2, 0) is 14.2 Å². The maximum atomic E-state index is 12.5. The van der Waals surface area contributed by atoms with Crippen molar-refractivity contribution in [1.82, 2.24) is 0 Å². The average molecular weight is 258 g/mol. The first-order chi connectivity index (χ1) is 7.64. The normalized spacial score (nSPS) is 14.5. The molecule has 0 aromatic rings. The summed E-state index contributed by atoms with van der Waals surface area (Å²) in [6.45, 7) is 3.67. The third-order valence-corrected chi connectivity index (χ3v) is 1.36. The fourth-order valence-electron chi connectivity index (χ4n) is 0.435. The monoisotopic (exact) mass is 258 g/mol. The zero-order chi connectivity index (χ0) is 14.1. The van der Waals surface area contributed by atoms with Crippen molar-refractivity contribution in [3.8, 4) is 0 Å². The van der Waals surface area contributed by atoms with Gasteiger partial charge in [0.1, 0.15) is 0 Å². The summed E-state index contributed by atoms with van der Waals surface area (Å²) in [6.07, 6.45) is -4.15. The number of carboxylic acid groups (broad SMARTS) is 1. The summed E-state index contributed by atoms with van der Waals surface area (Å²) < 4.78 is 35.8. The van der Waals surface area contributed by atoms with Crippen LogP contribution in [0.2, 0.25) is 0 Å². The van der Waals surface area contributed by atoms with Crippen molar-refractivity contribution in [1.29, 1.82) is 0 Å². The summed E-state index contributed by atoms with van der Waals surface area (Å²) in [6, 6.07) is 0. The molecule has 0 aromatic carbocycles. The number of hydrogen-bond acceptors (Lipinski definition) is 5. The van der Waals surface area contributed by atoms with E-state index in [0.717, 1.165) is 21.0 Å². The second-order valence-electron chi connectivity index (χ2n) is 2.94. The third-order valence-electron chi connectivity index (χ3n) is 1.36. The third kappa shape index (κ3) is 14.4. The van der Waals surface area contributed by atoms with Crippen LogP contribution in [0, 0.1) is 0 Å². The van der Waals surface area contributed by atoms with Gasteiger partial charge in [0.25, 0.3) is 5.85 Å². The molecule has 0 radical (unpaired) electrons. The maximum Gasteiger partial charge on any atom is 0.510 e. The van der Waals surface area contributed by atoms with Crippen LogP contribution in [0.1, 0.15) is 27.2 Å². The molecule has 0 saturated heterocycles. The molecule has 2 atom stereocenters. The Kier molecular flexibility index (Phi) is 8.93. The van der Waals surface area contributed by atoms with Crippen LogP contribution < -0.4 is 0 Å². The van der Waals surface area contributed by atoms with Gasteiger partial charge in [-0.1, -0.05) is 6.92 Å². The van der Waals surface area contributed by atoms with E-state index >= 15 is 0 Å². The highest BCUT2D eigenvalue weighted by atomic mass is 19.2. The summed E-state index contributed by atoms with van der Waals surface area (Å²) in [7, 11) is 1.12. The first-order valence-electron chi connectivity index (χ1n) is 4.64. The Labute approximate surface area is 97.5 Å². The van der Waals surface area contributed by atoms with Crippen LogP contribution in [0.3, 0.4) is 0 Å². The lowest BCUT2D eigenvalue weighted by atomic mass is 10.3. The molecule has 0 aliphatic rings. The zero-order valence-electron chi connectivity index (χ0n) is 10.0. The first-order valence-corrected chi connectivity index (χ1v) is 4.64. The molecule has 0 bridgehead atoms. The largest absolute Gasteiger partial charge is 0.510 e. The van der Waals surface area contributed by atoms with Crippen LogP contribution in [0.25, 0.3) is 0 Å². The molecule has 0 amide bonds. The second kappa shape index (κ2) is 8.54. The molecule has 0 fully saturated rings. The van der Waals surface area contributed by atoms with Gasteiger partial charge < -0.3 is 19.3 Å². The molecular formula is C9H16F2O6.